The van der Waals surface area contributed by atoms with Gasteiger partial charge < -0.3 is 0 Å². The minimum atomic E-state index is -4.35. The van der Waals surface area contributed by atoms with E-state index in [-0.39, 0.29) is 11.8 Å². The minimum Gasteiger partial charge on any atom is -0.297 e. The number of halogens is 4. The van der Waals surface area contributed by atoms with Crippen LogP contribution in [0.25, 0.3) is 0 Å². The summed E-state index contributed by atoms with van der Waals surface area (Å²) in [5.41, 5.74) is -0.168. The number of aryl methyl sites for hydroxylation is 1. The fraction of sp³-hybridized carbons (Fsp3) is 0.333. The Bertz CT molecular complexity index is 578. The number of hydrogen-bond donors (Lipinski definition) is 0. The summed E-state index contributed by atoms with van der Waals surface area (Å²) in [7, 11) is 0. The normalized spacial score (nSPS) is 11.8. The van der Waals surface area contributed by atoms with Crippen molar-refractivity contribution in [2.75, 3.05) is 0 Å². The van der Waals surface area contributed by atoms with Gasteiger partial charge in [-0.1, -0.05) is 19.1 Å². The number of alkyl halides is 3. The Kier molecular flexibility index (Phi) is 3.80. The van der Waals surface area contributed by atoms with E-state index in [1.165, 1.54) is 6.07 Å². The fourth-order valence-corrected chi connectivity index (χ4v) is 1.96. The molecule has 1 heterocycles. The average molecular weight is 290 g/mol. The van der Waals surface area contributed by atoms with Crippen LogP contribution in [-0.2, 0) is 19.1 Å². The Balaban J connectivity index is 2.31. The molecule has 0 saturated heterocycles. The van der Waals surface area contributed by atoms with E-state index >= 15 is 0 Å². The van der Waals surface area contributed by atoms with E-state index in [9.17, 15) is 13.2 Å². The van der Waals surface area contributed by atoms with Crippen LogP contribution in [0.3, 0.4) is 0 Å². The van der Waals surface area contributed by atoms with E-state index in [2.05, 4.69) is 10.2 Å². The molecule has 0 amide bonds. The summed E-state index contributed by atoms with van der Waals surface area (Å²) in [4.78, 5) is 0. The topological polar surface area (TPSA) is 30.7 Å². The van der Waals surface area contributed by atoms with Gasteiger partial charge in [0.25, 0.3) is 0 Å². The number of nitrogens with zero attached hydrogens (tertiary/aromatic N) is 3. The minimum absolute atomic E-state index is 0.175. The van der Waals surface area contributed by atoms with Crippen molar-refractivity contribution < 1.29 is 13.2 Å². The first-order chi connectivity index (χ1) is 8.91. The molecule has 1 aromatic carbocycles. The lowest BCUT2D eigenvalue weighted by Gasteiger charge is -2.10. The zero-order valence-electron chi connectivity index (χ0n) is 10.1. The number of aromatic nitrogens is 3. The highest BCUT2D eigenvalue weighted by Crippen LogP contribution is 2.29. The molecule has 0 atom stereocenters. The third-order valence-corrected chi connectivity index (χ3v) is 2.97. The number of rotatable bonds is 3. The molecule has 3 nitrogen and oxygen atoms in total. The summed E-state index contributed by atoms with van der Waals surface area (Å²) in [6, 6.07) is 5.14. The molecule has 19 heavy (non-hydrogen) atoms. The molecule has 102 valence electrons. The van der Waals surface area contributed by atoms with Gasteiger partial charge in [0.2, 0.25) is 5.28 Å². The fourth-order valence-electron chi connectivity index (χ4n) is 1.76. The first-order valence-electron chi connectivity index (χ1n) is 5.65. The predicted octanol–water partition coefficient (Wildman–Crippen LogP) is 3.56. The molecule has 0 bridgehead atoms. The van der Waals surface area contributed by atoms with Crippen molar-refractivity contribution in [3.63, 3.8) is 0 Å². The highest BCUT2D eigenvalue weighted by molar-refractivity contribution is 6.28. The largest absolute Gasteiger partial charge is 0.416 e. The molecule has 0 spiro atoms. The van der Waals surface area contributed by atoms with Gasteiger partial charge in [-0.2, -0.15) is 13.2 Å². The van der Waals surface area contributed by atoms with E-state index in [0.717, 1.165) is 12.1 Å². The third kappa shape index (κ3) is 3.07. The summed E-state index contributed by atoms with van der Waals surface area (Å²) in [6.45, 7) is 2.10. The lowest BCUT2D eigenvalue weighted by Crippen LogP contribution is -2.08. The monoisotopic (exact) mass is 289 g/mol. The zero-order chi connectivity index (χ0) is 14.0. The zero-order valence-corrected chi connectivity index (χ0v) is 10.8. The van der Waals surface area contributed by atoms with Gasteiger partial charge in [0, 0.05) is 6.42 Å². The van der Waals surface area contributed by atoms with Crippen molar-refractivity contribution in [3.05, 3.63) is 46.5 Å². The van der Waals surface area contributed by atoms with Crippen molar-refractivity contribution >= 4 is 11.6 Å². The number of hydrogen-bond acceptors (Lipinski definition) is 2. The lowest BCUT2D eigenvalue weighted by molar-refractivity contribution is -0.137. The molecule has 2 aromatic rings. The van der Waals surface area contributed by atoms with E-state index in [1.807, 2.05) is 6.92 Å². The first-order valence-corrected chi connectivity index (χ1v) is 6.03. The van der Waals surface area contributed by atoms with E-state index in [4.69, 9.17) is 11.6 Å². The van der Waals surface area contributed by atoms with Crippen molar-refractivity contribution in [1.29, 1.82) is 0 Å². The summed E-state index contributed by atoms with van der Waals surface area (Å²) in [5, 5.41) is 7.75. The molecule has 0 fully saturated rings. The molecule has 0 aliphatic rings. The van der Waals surface area contributed by atoms with Crippen molar-refractivity contribution in [2.24, 2.45) is 0 Å². The molecular formula is C12H11ClF3N3. The molecular weight excluding hydrogens is 279 g/mol. The van der Waals surface area contributed by atoms with Crippen LogP contribution in [-0.4, -0.2) is 14.8 Å². The highest BCUT2D eigenvalue weighted by atomic mass is 35.5. The average Bonchev–Trinajstić information content (AvgIpc) is 2.70. The van der Waals surface area contributed by atoms with Crippen molar-refractivity contribution in [2.45, 2.75) is 26.1 Å². The Morgan fingerprint density at radius 1 is 1.26 bits per heavy atom. The molecule has 0 aliphatic carbocycles. The summed E-state index contributed by atoms with van der Waals surface area (Å²) in [6.07, 6.45) is -3.74. The second-order valence-corrected chi connectivity index (χ2v) is 4.36. The number of benzene rings is 1. The standard InChI is InChI=1S/C12H11ClF3N3/c1-2-10-17-18-11(13)19(10)7-8-4-3-5-9(6-8)12(14,15)16/h3-6H,2,7H2,1H3. The second kappa shape index (κ2) is 5.21. The Hall–Kier alpha value is -1.56. The Morgan fingerprint density at radius 3 is 2.63 bits per heavy atom. The van der Waals surface area contributed by atoms with Crippen molar-refractivity contribution in [3.8, 4) is 0 Å². The van der Waals surface area contributed by atoms with Crippen LogP contribution >= 0.6 is 11.6 Å². The van der Waals surface area contributed by atoms with Gasteiger partial charge in [-0.05, 0) is 29.3 Å². The summed E-state index contributed by atoms with van der Waals surface area (Å²) in [5.74, 6) is 0.641. The molecule has 0 radical (unpaired) electrons. The maximum atomic E-state index is 12.6. The maximum Gasteiger partial charge on any atom is 0.416 e. The van der Waals surface area contributed by atoms with Gasteiger partial charge in [0.15, 0.2) is 0 Å². The molecule has 1 aromatic heterocycles. The van der Waals surface area contributed by atoms with E-state index < -0.39 is 11.7 Å². The van der Waals surface area contributed by atoms with Crippen LogP contribution in [0.4, 0.5) is 13.2 Å². The van der Waals surface area contributed by atoms with Crippen LogP contribution < -0.4 is 0 Å². The van der Waals surface area contributed by atoms with Crippen LogP contribution in [0, 0.1) is 0 Å². The van der Waals surface area contributed by atoms with Crippen LogP contribution in [0.2, 0.25) is 5.28 Å². The first kappa shape index (κ1) is 13.9. The summed E-state index contributed by atoms with van der Waals surface area (Å²) >= 11 is 5.87. The van der Waals surface area contributed by atoms with Gasteiger partial charge in [-0.25, -0.2) is 0 Å². The molecule has 0 unspecified atom stereocenters. The predicted molar refractivity (Wildman–Crippen MR) is 65.0 cm³/mol. The van der Waals surface area contributed by atoms with Gasteiger partial charge in [0.05, 0.1) is 12.1 Å². The molecule has 2 rings (SSSR count). The van der Waals surface area contributed by atoms with Gasteiger partial charge >= 0.3 is 6.18 Å². The molecule has 0 N–H and O–H groups in total. The van der Waals surface area contributed by atoms with Crippen LogP contribution in [0.1, 0.15) is 23.9 Å². The van der Waals surface area contributed by atoms with Crippen molar-refractivity contribution in [1.82, 2.24) is 14.8 Å². The Labute approximate surface area is 113 Å². The smallest absolute Gasteiger partial charge is 0.297 e. The highest BCUT2D eigenvalue weighted by Gasteiger charge is 2.30. The van der Waals surface area contributed by atoms with Gasteiger partial charge in [-0.3, -0.25) is 4.57 Å². The lowest BCUT2D eigenvalue weighted by atomic mass is 10.1. The van der Waals surface area contributed by atoms with Crippen LogP contribution in [0.15, 0.2) is 24.3 Å². The SMILES string of the molecule is CCc1nnc(Cl)n1Cc1cccc(C(F)(F)F)c1. The second-order valence-electron chi connectivity index (χ2n) is 4.02. The van der Waals surface area contributed by atoms with E-state index in [1.54, 1.807) is 10.6 Å². The third-order valence-electron chi connectivity index (χ3n) is 2.69. The molecule has 0 aliphatic heterocycles. The van der Waals surface area contributed by atoms with Gasteiger partial charge in [-0.15, -0.1) is 10.2 Å². The molecule has 0 saturated carbocycles. The quantitative estimate of drug-likeness (QED) is 0.865. The summed E-state index contributed by atoms with van der Waals surface area (Å²) < 4.78 is 39.4. The van der Waals surface area contributed by atoms with Crippen LogP contribution in [0.5, 0.6) is 0 Å². The Morgan fingerprint density at radius 2 is 2.00 bits per heavy atom. The maximum absolute atomic E-state index is 12.6. The van der Waals surface area contributed by atoms with Gasteiger partial charge in [0.1, 0.15) is 5.82 Å². The molecule has 7 heteroatoms. The van der Waals surface area contributed by atoms with E-state index in [0.29, 0.717) is 17.8 Å².